The first-order valence-electron chi connectivity index (χ1n) is 9.12. The van der Waals surface area contributed by atoms with Gasteiger partial charge in [-0.2, -0.15) is 0 Å². The summed E-state index contributed by atoms with van der Waals surface area (Å²) in [7, 11) is 0. The molecule has 8 heteroatoms. The number of anilines is 1. The predicted molar refractivity (Wildman–Crippen MR) is 113 cm³/mol. The average Bonchev–Trinajstić information content (AvgIpc) is 3.24. The van der Waals surface area contributed by atoms with Crippen LogP contribution in [0.3, 0.4) is 0 Å². The van der Waals surface area contributed by atoms with Crippen molar-refractivity contribution in [3.63, 3.8) is 0 Å². The smallest absolute Gasteiger partial charge is 0.256 e. The summed E-state index contributed by atoms with van der Waals surface area (Å²) in [5.41, 5.74) is 9.59. The van der Waals surface area contributed by atoms with Crippen molar-refractivity contribution in [3.05, 3.63) is 77.5 Å². The Kier molecular flexibility index (Phi) is 4.98. The molecular weight excluding hydrogens is 366 g/mol. The van der Waals surface area contributed by atoms with Gasteiger partial charge in [-0.1, -0.05) is 31.2 Å². The lowest BCUT2D eigenvalue weighted by Gasteiger charge is -2.07. The van der Waals surface area contributed by atoms with Crippen molar-refractivity contribution in [1.82, 2.24) is 29.9 Å². The SMILES string of the molecule is CCc1cc2cccc(-c3cccnc3)c2c(=O)[nH]1.Nc1ncnc2nc[nH]c12. The highest BCUT2D eigenvalue weighted by atomic mass is 16.1. The van der Waals surface area contributed by atoms with Gasteiger partial charge < -0.3 is 15.7 Å². The van der Waals surface area contributed by atoms with Crippen LogP contribution in [0.2, 0.25) is 0 Å². The standard InChI is InChI=1S/C16H14N2O.C5H5N5/c1-2-13-9-11-5-3-7-14(15(11)16(19)18-13)12-6-4-8-17-10-12;6-4-3-5(9-1-7-3)10-2-8-4/h3-10H,2H2,1H3,(H,18,19);1-2H,(H3,6,7,8,9,10). The number of pyridine rings is 2. The van der Waals surface area contributed by atoms with Gasteiger partial charge in [-0.25, -0.2) is 15.0 Å². The molecule has 8 nitrogen and oxygen atoms in total. The number of hydrogen-bond acceptors (Lipinski definition) is 6. The molecule has 5 aromatic rings. The summed E-state index contributed by atoms with van der Waals surface area (Å²) < 4.78 is 0. The number of nitrogens with two attached hydrogens (primary N) is 1. The Morgan fingerprint density at radius 2 is 2.00 bits per heavy atom. The van der Waals surface area contributed by atoms with Crippen LogP contribution in [-0.4, -0.2) is 29.9 Å². The fourth-order valence-corrected chi connectivity index (χ4v) is 3.11. The first kappa shape index (κ1) is 18.3. The van der Waals surface area contributed by atoms with E-state index >= 15 is 0 Å². The molecular formula is C21H19N7O. The Labute approximate surface area is 165 Å². The van der Waals surface area contributed by atoms with Crippen molar-refractivity contribution in [1.29, 1.82) is 0 Å². The Morgan fingerprint density at radius 3 is 2.76 bits per heavy atom. The molecule has 5 rings (SSSR count). The van der Waals surface area contributed by atoms with E-state index in [4.69, 9.17) is 5.73 Å². The second-order valence-corrected chi connectivity index (χ2v) is 6.35. The van der Waals surface area contributed by atoms with Crippen LogP contribution in [0.1, 0.15) is 12.6 Å². The number of nitrogens with one attached hydrogen (secondary N) is 2. The van der Waals surface area contributed by atoms with Gasteiger partial charge >= 0.3 is 0 Å². The third-order valence-corrected chi connectivity index (χ3v) is 4.53. The van der Waals surface area contributed by atoms with E-state index in [0.717, 1.165) is 34.0 Å². The first-order chi connectivity index (χ1) is 14.2. The quantitative estimate of drug-likeness (QED) is 0.429. The van der Waals surface area contributed by atoms with Crippen LogP contribution in [0.4, 0.5) is 5.82 Å². The fraction of sp³-hybridized carbons (Fsp3) is 0.0952. The number of fused-ring (bicyclic) bond motifs is 2. The molecule has 29 heavy (non-hydrogen) atoms. The van der Waals surface area contributed by atoms with Gasteiger partial charge in [0.15, 0.2) is 11.5 Å². The van der Waals surface area contributed by atoms with E-state index in [1.165, 1.54) is 12.7 Å². The molecule has 0 fully saturated rings. The Morgan fingerprint density at radius 1 is 1.10 bits per heavy atom. The summed E-state index contributed by atoms with van der Waals surface area (Å²) in [5.74, 6) is 0.433. The molecule has 4 heterocycles. The van der Waals surface area contributed by atoms with E-state index in [0.29, 0.717) is 17.0 Å². The molecule has 0 saturated heterocycles. The maximum absolute atomic E-state index is 12.3. The molecule has 0 spiro atoms. The molecule has 0 radical (unpaired) electrons. The third-order valence-electron chi connectivity index (χ3n) is 4.53. The van der Waals surface area contributed by atoms with Gasteiger partial charge in [0, 0.05) is 23.7 Å². The van der Waals surface area contributed by atoms with Gasteiger partial charge in [0.1, 0.15) is 11.8 Å². The van der Waals surface area contributed by atoms with Gasteiger partial charge in [0.2, 0.25) is 0 Å². The van der Waals surface area contributed by atoms with Crippen LogP contribution in [0.5, 0.6) is 0 Å². The topological polar surface area (TPSA) is 126 Å². The normalized spacial score (nSPS) is 10.7. The summed E-state index contributed by atoms with van der Waals surface area (Å²) in [4.78, 5) is 33.7. The van der Waals surface area contributed by atoms with Gasteiger partial charge in [-0.05, 0) is 29.5 Å². The Bertz CT molecular complexity index is 1330. The molecule has 4 N–H and O–H groups in total. The van der Waals surface area contributed by atoms with Crippen LogP contribution in [0, 0.1) is 0 Å². The Balaban J connectivity index is 0.000000171. The zero-order valence-electron chi connectivity index (χ0n) is 15.8. The summed E-state index contributed by atoms with van der Waals surface area (Å²) in [6.07, 6.45) is 7.26. The number of benzene rings is 1. The number of rotatable bonds is 2. The lowest BCUT2D eigenvalue weighted by atomic mass is 10.0. The minimum absolute atomic E-state index is 0.0335. The Hall–Kier alpha value is -4.07. The number of H-pyrrole nitrogens is 2. The van der Waals surface area contributed by atoms with Crippen molar-refractivity contribution >= 4 is 27.8 Å². The minimum atomic E-state index is -0.0335. The summed E-state index contributed by atoms with van der Waals surface area (Å²) in [5, 5.41) is 1.70. The lowest BCUT2D eigenvalue weighted by molar-refractivity contribution is 1.03. The number of hydrogen-bond donors (Lipinski definition) is 3. The van der Waals surface area contributed by atoms with Crippen LogP contribution < -0.4 is 11.3 Å². The molecule has 0 aliphatic rings. The van der Waals surface area contributed by atoms with Crippen molar-refractivity contribution in [3.8, 4) is 11.1 Å². The molecule has 0 saturated carbocycles. The molecule has 0 atom stereocenters. The number of nitrogens with zero attached hydrogens (tertiary/aromatic N) is 4. The zero-order chi connectivity index (χ0) is 20.2. The summed E-state index contributed by atoms with van der Waals surface area (Å²) in [6, 6.07) is 11.8. The van der Waals surface area contributed by atoms with Crippen LogP contribution in [0.15, 0.2) is 66.2 Å². The van der Waals surface area contributed by atoms with Gasteiger partial charge in [-0.3, -0.25) is 9.78 Å². The first-order valence-corrected chi connectivity index (χ1v) is 9.12. The molecule has 4 aromatic heterocycles. The highest BCUT2D eigenvalue weighted by Gasteiger charge is 2.08. The van der Waals surface area contributed by atoms with Gasteiger partial charge in [0.25, 0.3) is 5.56 Å². The van der Waals surface area contributed by atoms with E-state index in [1.807, 2.05) is 43.3 Å². The predicted octanol–water partition coefficient (Wildman–Crippen LogP) is 3.09. The molecule has 0 amide bonds. The monoisotopic (exact) mass is 385 g/mol. The number of nitrogen functional groups attached to an aromatic ring is 1. The third kappa shape index (κ3) is 3.68. The fourth-order valence-electron chi connectivity index (χ4n) is 3.11. The van der Waals surface area contributed by atoms with E-state index in [9.17, 15) is 4.79 Å². The number of aromatic amines is 2. The van der Waals surface area contributed by atoms with Crippen molar-refractivity contribution in [2.75, 3.05) is 5.73 Å². The number of aromatic nitrogens is 6. The maximum atomic E-state index is 12.3. The zero-order valence-corrected chi connectivity index (χ0v) is 15.8. The van der Waals surface area contributed by atoms with Crippen LogP contribution >= 0.6 is 0 Å². The van der Waals surface area contributed by atoms with Gasteiger partial charge in [-0.15, -0.1) is 0 Å². The molecule has 0 unspecified atom stereocenters. The number of imidazole rings is 1. The largest absolute Gasteiger partial charge is 0.382 e. The van der Waals surface area contributed by atoms with Crippen molar-refractivity contribution in [2.24, 2.45) is 0 Å². The second kappa shape index (κ2) is 7.89. The van der Waals surface area contributed by atoms with Crippen LogP contribution in [0.25, 0.3) is 33.1 Å². The van der Waals surface area contributed by atoms with E-state index < -0.39 is 0 Å². The second-order valence-electron chi connectivity index (χ2n) is 6.35. The molecule has 1 aromatic carbocycles. The minimum Gasteiger partial charge on any atom is -0.382 e. The average molecular weight is 385 g/mol. The highest BCUT2D eigenvalue weighted by Crippen LogP contribution is 2.25. The highest BCUT2D eigenvalue weighted by molar-refractivity contribution is 5.96. The lowest BCUT2D eigenvalue weighted by Crippen LogP contribution is -2.09. The van der Waals surface area contributed by atoms with Crippen molar-refractivity contribution in [2.45, 2.75) is 13.3 Å². The van der Waals surface area contributed by atoms with E-state index in [2.05, 4.69) is 29.9 Å². The number of aryl methyl sites for hydroxylation is 1. The molecule has 0 aliphatic carbocycles. The molecule has 144 valence electrons. The van der Waals surface area contributed by atoms with Crippen LogP contribution in [-0.2, 0) is 6.42 Å². The van der Waals surface area contributed by atoms with Gasteiger partial charge in [0.05, 0.1) is 11.7 Å². The molecule has 0 aliphatic heterocycles. The summed E-state index contributed by atoms with van der Waals surface area (Å²) in [6.45, 7) is 2.03. The van der Waals surface area contributed by atoms with E-state index in [1.54, 1.807) is 12.4 Å². The van der Waals surface area contributed by atoms with E-state index in [-0.39, 0.29) is 5.56 Å². The summed E-state index contributed by atoms with van der Waals surface area (Å²) >= 11 is 0. The van der Waals surface area contributed by atoms with Crippen molar-refractivity contribution < 1.29 is 0 Å². The maximum Gasteiger partial charge on any atom is 0.256 e. The molecule has 0 bridgehead atoms.